The Bertz CT molecular complexity index is 1190. The molecule has 198 valence electrons. The van der Waals surface area contributed by atoms with E-state index < -0.39 is 17.7 Å². The summed E-state index contributed by atoms with van der Waals surface area (Å²) in [5, 5.41) is 11.4. The molecule has 8 nitrogen and oxygen atoms in total. The number of benzene rings is 2. The fourth-order valence-corrected chi connectivity index (χ4v) is 4.78. The largest absolute Gasteiger partial charge is 0.507 e. The number of hydrogen-bond donors (Lipinski definition) is 1. The van der Waals surface area contributed by atoms with Crippen molar-refractivity contribution >= 4 is 17.4 Å². The molecule has 4 rings (SSSR count). The lowest BCUT2D eigenvalue weighted by molar-refractivity contribution is -0.140. The Hall–Kier alpha value is -3.52. The number of amides is 1. The third-order valence-electron chi connectivity index (χ3n) is 6.58. The van der Waals surface area contributed by atoms with Gasteiger partial charge in [-0.05, 0) is 61.7 Å². The zero-order valence-electron chi connectivity index (χ0n) is 21.9. The van der Waals surface area contributed by atoms with Crippen molar-refractivity contribution in [2.24, 2.45) is 0 Å². The van der Waals surface area contributed by atoms with Crippen molar-refractivity contribution in [3.8, 4) is 17.2 Å². The van der Waals surface area contributed by atoms with Gasteiger partial charge < -0.3 is 29.0 Å². The van der Waals surface area contributed by atoms with E-state index in [0.717, 1.165) is 24.2 Å². The smallest absolute Gasteiger partial charge is 0.295 e. The average Bonchev–Trinajstić information content (AvgIpc) is 3.38. The monoisotopic (exact) mass is 509 g/mol. The minimum absolute atomic E-state index is 0.0371. The zero-order valence-corrected chi connectivity index (χ0v) is 21.9. The Balaban J connectivity index is 1.79. The van der Waals surface area contributed by atoms with Crippen LogP contribution in [0.3, 0.4) is 0 Å². The molecule has 0 radical (unpaired) electrons. The molecular weight excluding hydrogens is 474 g/mol. The minimum atomic E-state index is -0.803. The van der Waals surface area contributed by atoms with E-state index in [1.807, 2.05) is 26.0 Å². The number of likely N-dealkylation sites (tertiary alicyclic amines) is 1. The normalized spacial score (nSPS) is 20.2. The fraction of sp³-hybridized carbons (Fsp3) is 0.448. The SMILES string of the molecule is CCCCOc1ccc([C@H]2C(=C(O)c3ccc4c(c3)C[C@H](C)O4)C(=O)C(=O)N2CCOC)cc1OCC. The number of ether oxygens (including phenoxy) is 4. The molecule has 2 aliphatic heterocycles. The van der Waals surface area contributed by atoms with E-state index in [0.29, 0.717) is 42.3 Å². The summed E-state index contributed by atoms with van der Waals surface area (Å²) in [6.07, 6.45) is 2.67. The number of aliphatic hydroxyl groups excluding tert-OH is 1. The maximum Gasteiger partial charge on any atom is 0.295 e. The molecule has 2 aromatic rings. The number of carbonyl (C=O) groups excluding carboxylic acids is 2. The lowest BCUT2D eigenvalue weighted by Crippen LogP contribution is -2.32. The second-order valence-corrected chi connectivity index (χ2v) is 9.28. The summed E-state index contributed by atoms with van der Waals surface area (Å²) in [5.74, 6) is 0.263. The van der Waals surface area contributed by atoms with Gasteiger partial charge in [0, 0.05) is 25.6 Å². The third-order valence-corrected chi connectivity index (χ3v) is 6.58. The highest BCUT2D eigenvalue weighted by molar-refractivity contribution is 6.46. The van der Waals surface area contributed by atoms with Gasteiger partial charge in [-0.1, -0.05) is 19.4 Å². The molecular formula is C29H35NO7. The van der Waals surface area contributed by atoms with Crippen LogP contribution in [0, 0.1) is 0 Å². The molecule has 0 spiro atoms. The molecule has 2 heterocycles. The molecule has 0 saturated carbocycles. The van der Waals surface area contributed by atoms with Gasteiger partial charge in [0.15, 0.2) is 11.5 Å². The Morgan fingerprint density at radius 3 is 2.62 bits per heavy atom. The van der Waals surface area contributed by atoms with Gasteiger partial charge in [0.1, 0.15) is 17.6 Å². The molecule has 0 aromatic heterocycles. The first kappa shape index (κ1) is 26.5. The first-order valence-electron chi connectivity index (χ1n) is 12.9. The molecule has 1 saturated heterocycles. The highest BCUT2D eigenvalue weighted by atomic mass is 16.5. The van der Waals surface area contributed by atoms with Crippen LogP contribution in [0.4, 0.5) is 0 Å². The topological polar surface area (TPSA) is 94.5 Å². The van der Waals surface area contributed by atoms with Gasteiger partial charge in [-0.3, -0.25) is 9.59 Å². The predicted octanol–water partition coefficient (Wildman–Crippen LogP) is 4.66. The summed E-state index contributed by atoms with van der Waals surface area (Å²) in [6.45, 7) is 7.37. The van der Waals surface area contributed by atoms with Gasteiger partial charge in [0.2, 0.25) is 0 Å². The van der Waals surface area contributed by atoms with Crippen LogP contribution in [-0.4, -0.2) is 61.3 Å². The molecule has 2 atom stereocenters. The Labute approximate surface area is 217 Å². The van der Waals surface area contributed by atoms with E-state index in [4.69, 9.17) is 18.9 Å². The number of aliphatic hydroxyl groups is 1. The summed E-state index contributed by atoms with van der Waals surface area (Å²) in [7, 11) is 1.54. The lowest BCUT2D eigenvalue weighted by atomic mass is 9.94. The van der Waals surface area contributed by atoms with Gasteiger partial charge in [-0.25, -0.2) is 0 Å². The lowest BCUT2D eigenvalue weighted by Gasteiger charge is -2.26. The van der Waals surface area contributed by atoms with E-state index in [-0.39, 0.29) is 30.6 Å². The summed E-state index contributed by atoms with van der Waals surface area (Å²) in [4.78, 5) is 27.9. The standard InChI is InChI=1S/C29H35NO7/c1-5-7-13-36-23-11-8-19(17-24(23)35-6-2)26-25(28(32)29(33)30(26)12-14-34-4)27(31)20-9-10-22-21(16-20)15-18(3)37-22/h8-11,16-18,26,31H,5-7,12-15H2,1-4H3/t18-,26-/m0/s1. The van der Waals surface area contributed by atoms with Crippen molar-refractivity contribution in [3.05, 3.63) is 58.7 Å². The molecule has 37 heavy (non-hydrogen) atoms. The number of unbranched alkanes of at least 4 members (excludes halogenated alkanes) is 1. The van der Waals surface area contributed by atoms with Crippen LogP contribution in [0.2, 0.25) is 0 Å². The summed E-state index contributed by atoms with van der Waals surface area (Å²) in [6, 6.07) is 9.91. The number of ketones is 1. The van der Waals surface area contributed by atoms with Crippen LogP contribution < -0.4 is 14.2 Å². The van der Waals surface area contributed by atoms with Crippen LogP contribution in [0.1, 0.15) is 56.3 Å². The van der Waals surface area contributed by atoms with Crippen molar-refractivity contribution in [3.63, 3.8) is 0 Å². The molecule has 2 aromatic carbocycles. The highest BCUT2D eigenvalue weighted by Crippen LogP contribution is 2.42. The molecule has 1 amide bonds. The van der Waals surface area contributed by atoms with Gasteiger partial charge in [0.25, 0.3) is 11.7 Å². The summed E-state index contributed by atoms with van der Waals surface area (Å²) in [5.41, 5.74) is 2.10. The number of hydrogen-bond acceptors (Lipinski definition) is 7. The van der Waals surface area contributed by atoms with Crippen molar-refractivity contribution in [2.75, 3.05) is 33.5 Å². The van der Waals surface area contributed by atoms with Crippen LogP contribution in [0.25, 0.3) is 5.76 Å². The first-order chi connectivity index (χ1) is 17.9. The molecule has 0 aliphatic carbocycles. The number of carbonyl (C=O) groups is 2. The van der Waals surface area contributed by atoms with E-state index in [1.54, 1.807) is 24.3 Å². The van der Waals surface area contributed by atoms with E-state index >= 15 is 0 Å². The van der Waals surface area contributed by atoms with E-state index in [9.17, 15) is 14.7 Å². The van der Waals surface area contributed by atoms with Crippen LogP contribution in [0.5, 0.6) is 17.2 Å². The molecule has 0 bridgehead atoms. The van der Waals surface area contributed by atoms with Crippen molar-refractivity contribution in [1.29, 1.82) is 0 Å². The second kappa shape index (κ2) is 11.7. The second-order valence-electron chi connectivity index (χ2n) is 9.28. The zero-order chi connectivity index (χ0) is 26.5. The maximum atomic E-state index is 13.3. The number of nitrogens with zero attached hydrogens (tertiary/aromatic N) is 1. The van der Waals surface area contributed by atoms with Gasteiger partial charge in [-0.15, -0.1) is 0 Å². The Morgan fingerprint density at radius 2 is 1.89 bits per heavy atom. The number of methoxy groups -OCH3 is 1. The van der Waals surface area contributed by atoms with Crippen LogP contribution in [-0.2, 0) is 20.7 Å². The third kappa shape index (κ3) is 5.44. The Kier molecular flexibility index (Phi) is 8.38. The predicted molar refractivity (Wildman–Crippen MR) is 139 cm³/mol. The summed E-state index contributed by atoms with van der Waals surface area (Å²) < 4.78 is 22.7. The molecule has 8 heteroatoms. The quantitative estimate of drug-likeness (QED) is 0.204. The van der Waals surface area contributed by atoms with Gasteiger partial charge in [-0.2, -0.15) is 0 Å². The van der Waals surface area contributed by atoms with Crippen LogP contribution in [0.15, 0.2) is 42.0 Å². The molecule has 1 fully saturated rings. The van der Waals surface area contributed by atoms with E-state index in [1.165, 1.54) is 12.0 Å². The van der Waals surface area contributed by atoms with Gasteiger partial charge >= 0.3 is 0 Å². The van der Waals surface area contributed by atoms with Crippen LogP contribution >= 0.6 is 0 Å². The number of fused-ring (bicyclic) bond motifs is 1. The number of rotatable bonds is 11. The minimum Gasteiger partial charge on any atom is -0.507 e. The van der Waals surface area contributed by atoms with Crippen molar-refractivity contribution in [1.82, 2.24) is 4.90 Å². The number of Topliss-reactive ketones (excluding diaryl/α,β-unsaturated/α-hetero) is 1. The molecule has 1 N–H and O–H groups in total. The Morgan fingerprint density at radius 1 is 1.08 bits per heavy atom. The molecule has 2 aliphatic rings. The molecule has 0 unspecified atom stereocenters. The van der Waals surface area contributed by atoms with Crippen molar-refractivity contribution in [2.45, 2.75) is 52.2 Å². The van der Waals surface area contributed by atoms with Gasteiger partial charge in [0.05, 0.1) is 31.4 Å². The van der Waals surface area contributed by atoms with E-state index in [2.05, 4.69) is 6.92 Å². The van der Waals surface area contributed by atoms with Crippen molar-refractivity contribution < 1.29 is 33.6 Å². The summed E-state index contributed by atoms with van der Waals surface area (Å²) >= 11 is 0. The fourth-order valence-electron chi connectivity index (χ4n) is 4.78. The first-order valence-corrected chi connectivity index (χ1v) is 12.9. The highest BCUT2D eigenvalue weighted by Gasteiger charge is 2.46. The average molecular weight is 510 g/mol. The maximum absolute atomic E-state index is 13.3.